The van der Waals surface area contributed by atoms with E-state index in [1.807, 2.05) is 32.0 Å². The molecule has 0 aromatic heterocycles. The molecule has 26 heavy (non-hydrogen) atoms. The van der Waals surface area contributed by atoms with Crippen LogP contribution in [0.25, 0.3) is 0 Å². The predicted octanol–water partition coefficient (Wildman–Crippen LogP) is 3.09. The number of anilines is 1. The van der Waals surface area contributed by atoms with Crippen molar-refractivity contribution < 1.29 is 17.6 Å². The van der Waals surface area contributed by atoms with E-state index in [2.05, 4.69) is 4.72 Å². The Bertz CT molecular complexity index is 896. The summed E-state index contributed by atoms with van der Waals surface area (Å²) >= 11 is 0. The molecule has 140 valence electrons. The van der Waals surface area contributed by atoms with Gasteiger partial charge in [0.25, 0.3) is 0 Å². The van der Waals surface area contributed by atoms with Crippen LogP contribution in [0.15, 0.2) is 42.5 Å². The summed E-state index contributed by atoms with van der Waals surface area (Å²) in [6.07, 6.45) is 0.948. The second-order valence-electron chi connectivity index (χ2n) is 6.42. The minimum Gasteiger partial charge on any atom is -0.315 e. The molecule has 0 heterocycles. The lowest BCUT2D eigenvalue weighted by molar-refractivity contribution is -0.118. The van der Waals surface area contributed by atoms with Gasteiger partial charge in [0, 0.05) is 19.2 Å². The first-order chi connectivity index (χ1) is 12.1. The van der Waals surface area contributed by atoms with Gasteiger partial charge < -0.3 is 4.90 Å². The fraction of sp³-hybridized carbons (Fsp3) is 0.316. The third kappa shape index (κ3) is 5.37. The summed E-state index contributed by atoms with van der Waals surface area (Å²) in [5.74, 6) is -0.677. The second kappa shape index (κ2) is 7.97. The molecule has 0 aliphatic heterocycles. The average molecular weight is 378 g/mol. The van der Waals surface area contributed by atoms with Crippen molar-refractivity contribution in [1.82, 2.24) is 4.72 Å². The number of sulfonamides is 1. The van der Waals surface area contributed by atoms with E-state index >= 15 is 0 Å². The molecular weight excluding hydrogens is 355 g/mol. The largest absolute Gasteiger partial charge is 0.315 e. The highest BCUT2D eigenvalue weighted by molar-refractivity contribution is 7.88. The third-order valence-electron chi connectivity index (χ3n) is 4.26. The minimum atomic E-state index is -3.54. The summed E-state index contributed by atoms with van der Waals surface area (Å²) in [6.45, 7) is 3.95. The van der Waals surface area contributed by atoms with Crippen molar-refractivity contribution in [2.24, 2.45) is 0 Å². The molecule has 0 aliphatic carbocycles. The van der Waals surface area contributed by atoms with E-state index in [-0.39, 0.29) is 12.3 Å². The molecule has 0 aliphatic rings. The Hall–Kier alpha value is -2.25. The van der Waals surface area contributed by atoms with Crippen molar-refractivity contribution in [3.8, 4) is 0 Å². The van der Waals surface area contributed by atoms with Gasteiger partial charge in [-0.15, -0.1) is 0 Å². The topological polar surface area (TPSA) is 66.5 Å². The highest BCUT2D eigenvalue weighted by Crippen LogP contribution is 2.23. The molecule has 0 saturated heterocycles. The number of carbonyl (C=O) groups excluding carboxylic acids is 1. The fourth-order valence-corrected chi connectivity index (χ4v) is 3.31. The van der Waals surface area contributed by atoms with Crippen molar-refractivity contribution in [3.05, 3.63) is 65.0 Å². The van der Waals surface area contributed by atoms with E-state index in [0.29, 0.717) is 5.56 Å². The van der Waals surface area contributed by atoms with Crippen LogP contribution in [-0.4, -0.2) is 27.6 Å². The Balaban J connectivity index is 2.24. The quantitative estimate of drug-likeness (QED) is 0.840. The predicted molar refractivity (Wildman–Crippen MR) is 101 cm³/mol. The minimum absolute atomic E-state index is 0.0812. The van der Waals surface area contributed by atoms with Gasteiger partial charge in [-0.05, 0) is 54.8 Å². The molecule has 0 radical (unpaired) electrons. The van der Waals surface area contributed by atoms with Crippen molar-refractivity contribution in [1.29, 1.82) is 0 Å². The molecule has 0 bridgehead atoms. The highest BCUT2D eigenvalue weighted by Gasteiger charge is 2.22. The Morgan fingerprint density at radius 3 is 2.27 bits per heavy atom. The van der Waals surface area contributed by atoms with E-state index in [1.54, 1.807) is 7.05 Å². The summed E-state index contributed by atoms with van der Waals surface area (Å²) in [6, 6.07) is 10.3. The van der Waals surface area contributed by atoms with E-state index in [0.717, 1.165) is 23.1 Å². The van der Waals surface area contributed by atoms with Crippen LogP contribution in [0.3, 0.4) is 0 Å². The van der Waals surface area contributed by atoms with Crippen molar-refractivity contribution in [2.75, 3.05) is 18.2 Å². The number of nitrogens with one attached hydrogen (secondary N) is 1. The van der Waals surface area contributed by atoms with Crippen LogP contribution in [0, 0.1) is 19.7 Å². The molecule has 7 heteroatoms. The maximum absolute atomic E-state index is 13.2. The van der Waals surface area contributed by atoms with E-state index < -0.39 is 21.9 Å². The van der Waals surface area contributed by atoms with Gasteiger partial charge in [-0.25, -0.2) is 17.5 Å². The fourth-order valence-electron chi connectivity index (χ4n) is 2.57. The number of benzene rings is 2. The first-order valence-electron chi connectivity index (χ1n) is 8.13. The van der Waals surface area contributed by atoms with Crippen LogP contribution in [0.5, 0.6) is 0 Å². The molecule has 2 aromatic rings. The van der Waals surface area contributed by atoms with E-state index in [9.17, 15) is 17.6 Å². The Labute approximate surface area is 153 Å². The molecule has 1 amide bonds. The second-order valence-corrected chi connectivity index (χ2v) is 8.20. The molecule has 2 aromatic carbocycles. The monoisotopic (exact) mass is 378 g/mol. The van der Waals surface area contributed by atoms with Gasteiger partial charge >= 0.3 is 0 Å². The lowest BCUT2D eigenvalue weighted by atomic mass is 10.0. The number of carbonyl (C=O) groups is 1. The molecule has 0 saturated carbocycles. The zero-order valence-corrected chi connectivity index (χ0v) is 16.1. The number of rotatable bonds is 6. The number of nitrogens with zero attached hydrogens (tertiary/aromatic N) is 1. The van der Waals surface area contributed by atoms with Gasteiger partial charge in [0.15, 0.2) is 0 Å². The number of amides is 1. The molecule has 0 fully saturated rings. The normalized spacial score (nSPS) is 12.7. The van der Waals surface area contributed by atoms with Crippen molar-refractivity contribution >= 4 is 21.6 Å². The summed E-state index contributed by atoms with van der Waals surface area (Å²) in [5.41, 5.74) is 3.44. The number of hydrogen-bond acceptors (Lipinski definition) is 3. The van der Waals surface area contributed by atoms with Crippen LogP contribution >= 0.6 is 0 Å². The maximum Gasteiger partial charge on any atom is 0.228 e. The van der Waals surface area contributed by atoms with Gasteiger partial charge in [-0.1, -0.05) is 18.2 Å². The van der Waals surface area contributed by atoms with Crippen LogP contribution in [0.4, 0.5) is 10.1 Å². The van der Waals surface area contributed by atoms with Gasteiger partial charge in [0.2, 0.25) is 15.9 Å². The van der Waals surface area contributed by atoms with Crippen LogP contribution in [0.1, 0.15) is 29.2 Å². The van der Waals surface area contributed by atoms with Crippen molar-refractivity contribution in [2.45, 2.75) is 26.3 Å². The van der Waals surface area contributed by atoms with Gasteiger partial charge in [0.1, 0.15) is 5.82 Å². The number of hydrogen-bond donors (Lipinski definition) is 1. The molecular formula is C19H23FN2O3S. The zero-order valence-electron chi connectivity index (χ0n) is 15.3. The lowest BCUT2D eigenvalue weighted by Gasteiger charge is -2.23. The molecule has 0 spiro atoms. The van der Waals surface area contributed by atoms with E-state index in [4.69, 9.17) is 0 Å². The molecule has 5 nitrogen and oxygen atoms in total. The van der Waals surface area contributed by atoms with Crippen molar-refractivity contribution in [3.63, 3.8) is 0 Å². The molecule has 1 N–H and O–H groups in total. The molecule has 2 rings (SSSR count). The Morgan fingerprint density at radius 2 is 1.73 bits per heavy atom. The van der Waals surface area contributed by atoms with Gasteiger partial charge in [-0.3, -0.25) is 4.79 Å². The third-order valence-corrected chi connectivity index (χ3v) is 4.97. The highest BCUT2D eigenvalue weighted by atomic mass is 32.2. The Kier molecular flexibility index (Phi) is 6.15. The standard InChI is InChI=1S/C19H23FN2O3S/c1-13-5-10-17(11-14(13)2)22(3)19(23)12-18(21-26(4,24)25)15-6-8-16(20)9-7-15/h5-11,18,21H,12H2,1-4H3/t18-/m1/s1. The number of aryl methyl sites for hydroxylation is 2. The summed E-state index contributed by atoms with van der Waals surface area (Å²) in [7, 11) is -1.90. The smallest absolute Gasteiger partial charge is 0.228 e. The SMILES string of the molecule is Cc1ccc(N(C)C(=O)C[C@@H](NS(C)(=O)=O)c2ccc(F)cc2)cc1C. The van der Waals surface area contributed by atoms with Crippen LogP contribution in [-0.2, 0) is 14.8 Å². The lowest BCUT2D eigenvalue weighted by Crippen LogP contribution is -2.34. The van der Waals surface area contributed by atoms with Gasteiger partial charge in [0.05, 0.1) is 12.3 Å². The summed E-state index contributed by atoms with van der Waals surface area (Å²) in [5, 5.41) is 0. The zero-order chi connectivity index (χ0) is 19.5. The van der Waals surface area contributed by atoms with Crippen LogP contribution in [0.2, 0.25) is 0 Å². The maximum atomic E-state index is 13.2. The number of halogens is 1. The van der Waals surface area contributed by atoms with E-state index in [1.165, 1.54) is 29.2 Å². The summed E-state index contributed by atoms with van der Waals surface area (Å²) < 4.78 is 39.0. The molecule has 1 atom stereocenters. The van der Waals surface area contributed by atoms with Gasteiger partial charge in [-0.2, -0.15) is 0 Å². The Morgan fingerprint density at radius 1 is 1.12 bits per heavy atom. The van der Waals surface area contributed by atoms with Crippen LogP contribution < -0.4 is 9.62 Å². The molecule has 0 unspecified atom stereocenters. The first-order valence-corrected chi connectivity index (χ1v) is 10.0. The average Bonchev–Trinajstić information content (AvgIpc) is 2.55. The summed E-state index contributed by atoms with van der Waals surface area (Å²) in [4.78, 5) is 14.2. The first kappa shape index (κ1) is 20.1.